The minimum Gasteiger partial charge on any atom is -0.354 e. The third kappa shape index (κ3) is 1.17. The van der Waals surface area contributed by atoms with E-state index in [1.807, 2.05) is 0 Å². The molecule has 0 spiro atoms. The Labute approximate surface area is 153 Å². The second-order valence-corrected chi connectivity index (χ2v) is 12.2. The molecule has 3 nitrogen and oxygen atoms in total. The fraction of sp³-hybridized carbons (Fsp3) is 1.00. The van der Waals surface area contributed by atoms with E-state index < -0.39 is 0 Å². The van der Waals surface area contributed by atoms with Crippen LogP contribution in [0.2, 0.25) is 0 Å². The van der Waals surface area contributed by atoms with Crippen LogP contribution in [0, 0.1) is 21.7 Å². The minimum absolute atomic E-state index is 0.0523. The smallest absolute Gasteiger partial charge is 0.176 e. The molecular formula is C22H36O3. The number of rotatable bonds is 0. The number of ether oxygens (including phenoxy) is 1. The van der Waals surface area contributed by atoms with Crippen molar-refractivity contribution in [3.05, 3.63) is 0 Å². The maximum absolute atomic E-state index is 7.07. The summed E-state index contributed by atoms with van der Waals surface area (Å²) in [5.74, 6) is 0. The molecule has 0 N–H and O–H groups in total. The molecule has 0 aromatic carbocycles. The lowest BCUT2D eigenvalue weighted by molar-refractivity contribution is -0.640. The van der Waals surface area contributed by atoms with Crippen LogP contribution in [-0.2, 0) is 14.5 Å². The molecule has 3 heteroatoms. The van der Waals surface area contributed by atoms with E-state index in [-0.39, 0.29) is 44.1 Å². The quantitative estimate of drug-likeness (QED) is 0.432. The number of hydrogen-bond donors (Lipinski definition) is 0. The van der Waals surface area contributed by atoms with E-state index in [2.05, 4.69) is 55.4 Å². The van der Waals surface area contributed by atoms with Crippen LogP contribution in [0.1, 0.15) is 93.9 Å². The first-order valence-electron chi connectivity index (χ1n) is 10.4. The van der Waals surface area contributed by atoms with Crippen molar-refractivity contribution in [3.63, 3.8) is 0 Å². The molecule has 3 aliphatic carbocycles. The van der Waals surface area contributed by atoms with E-state index in [1.165, 1.54) is 38.5 Å². The van der Waals surface area contributed by atoms with Gasteiger partial charge in [-0.05, 0) is 36.5 Å². The summed E-state index contributed by atoms with van der Waals surface area (Å²) in [5.41, 5.74) is -0.756. The van der Waals surface area contributed by atoms with Crippen molar-refractivity contribution in [2.45, 2.75) is 116 Å². The average molecular weight is 349 g/mol. The van der Waals surface area contributed by atoms with Gasteiger partial charge in [0.25, 0.3) is 0 Å². The summed E-state index contributed by atoms with van der Waals surface area (Å²) in [6.07, 6.45) is 7.27. The van der Waals surface area contributed by atoms with E-state index in [4.69, 9.17) is 14.5 Å². The molecule has 5 rings (SSSR count). The van der Waals surface area contributed by atoms with Gasteiger partial charge in [-0.1, -0.05) is 68.2 Å². The SMILES string of the molecule is CC1(C)CCCC(C)(C)[C@]23OO[C@]12[C@]12O[C@@]31C(C)(C)CCCC2(C)C. The Balaban J connectivity index is 1.84. The standard InChI is InChI=1S/C22H36O3/c1-15(2)11-9-12-16(3,4)20-19(15,23-20)21-17(5,6)13-10-14-18(7,8)22(20,21)25-24-21/h9-14H2,1-8H3/t19-,20-,21-,22+/m1/s1. The number of epoxide rings is 1. The van der Waals surface area contributed by atoms with Crippen LogP contribution >= 0.6 is 0 Å². The Kier molecular flexibility index (Phi) is 2.63. The van der Waals surface area contributed by atoms with E-state index in [1.54, 1.807) is 0 Å². The van der Waals surface area contributed by atoms with Crippen molar-refractivity contribution >= 4 is 0 Å². The first-order valence-corrected chi connectivity index (χ1v) is 10.4. The van der Waals surface area contributed by atoms with Gasteiger partial charge in [0, 0.05) is 10.8 Å². The maximum Gasteiger partial charge on any atom is 0.176 e. The minimum atomic E-state index is -0.321. The molecule has 5 fully saturated rings. The third-order valence-corrected chi connectivity index (χ3v) is 9.56. The van der Waals surface area contributed by atoms with Gasteiger partial charge in [-0.3, -0.25) is 0 Å². The Hall–Kier alpha value is -0.120. The highest BCUT2D eigenvalue weighted by Crippen LogP contribution is 2.96. The molecule has 25 heavy (non-hydrogen) atoms. The fourth-order valence-corrected chi connectivity index (χ4v) is 8.57. The zero-order valence-electron chi connectivity index (χ0n) is 17.5. The molecule has 0 unspecified atom stereocenters. The van der Waals surface area contributed by atoms with E-state index in [0.29, 0.717) is 0 Å². The largest absolute Gasteiger partial charge is 0.354 e. The van der Waals surface area contributed by atoms with Crippen LogP contribution in [0.4, 0.5) is 0 Å². The summed E-state index contributed by atoms with van der Waals surface area (Å²) in [6, 6.07) is 0. The molecular weight excluding hydrogens is 312 g/mol. The Morgan fingerprint density at radius 3 is 1.00 bits per heavy atom. The van der Waals surface area contributed by atoms with Crippen molar-refractivity contribution in [2.24, 2.45) is 21.7 Å². The van der Waals surface area contributed by atoms with Gasteiger partial charge in [-0.25, -0.2) is 9.78 Å². The van der Waals surface area contributed by atoms with Gasteiger partial charge >= 0.3 is 0 Å². The van der Waals surface area contributed by atoms with Crippen molar-refractivity contribution in [2.75, 3.05) is 0 Å². The topological polar surface area (TPSA) is 31.0 Å². The normalized spacial score (nSPS) is 55.7. The molecule has 0 amide bonds. The zero-order valence-corrected chi connectivity index (χ0v) is 17.5. The van der Waals surface area contributed by atoms with Crippen molar-refractivity contribution in [1.82, 2.24) is 0 Å². The summed E-state index contributed by atoms with van der Waals surface area (Å²) >= 11 is 0. The Bertz CT molecular complexity index is 608. The van der Waals surface area contributed by atoms with Gasteiger partial charge in [0.2, 0.25) is 0 Å². The summed E-state index contributed by atoms with van der Waals surface area (Å²) in [5, 5.41) is 0. The summed E-state index contributed by atoms with van der Waals surface area (Å²) in [7, 11) is 0. The number of hydrogen-bond acceptors (Lipinski definition) is 3. The third-order valence-electron chi connectivity index (χ3n) is 9.56. The second-order valence-electron chi connectivity index (χ2n) is 12.2. The zero-order chi connectivity index (χ0) is 18.4. The highest BCUT2D eigenvalue weighted by Gasteiger charge is 3.14. The van der Waals surface area contributed by atoms with Gasteiger partial charge in [0.1, 0.15) is 11.2 Å². The first-order chi connectivity index (χ1) is 11.3. The highest BCUT2D eigenvalue weighted by atomic mass is 17.3. The fourth-order valence-electron chi connectivity index (χ4n) is 8.57. The molecule has 0 aromatic heterocycles. The molecule has 0 aromatic rings. The van der Waals surface area contributed by atoms with E-state index in [0.717, 1.165) is 0 Å². The molecule has 5 aliphatic rings. The Morgan fingerprint density at radius 2 is 0.720 bits per heavy atom. The molecule has 3 saturated carbocycles. The van der Waals surface area contributed by atoms with Crippen LogP contribution in [0.25, 0.3) is 0 Å². The van der Waals surface area contributed by atoms with Gasteiger partial charge < -0.3 is 4.74 Å². The van der Waals surface area contributed by atoms with Crippen molar-refractivity contribution in [1.29, 1.82) is 0 Å². The monoisotopic (exact) mass is 348 g/mol. The van der Waals surface area contributed by atoms with Crippen LogP contribution < -0.4 is 0 Å². The van der Waals surface area contributed by atoms with Gasteiger partial charge in [0.15, 0.2) is 11.2 Å². The first kappa shape index (κ1) is 17.0. The average Bonchev–Trinajstić information content (AvgIpc) is 3.06. The molecule has 142 valence electrons. The summed E-state index contributed by atoms with van der Waals surface area (Å²) in [6.45, 7) is 19.3. The van der Waals surface area contributed by atoms with Crippen LogP contribution in [0.3, 0.4) is 0 Å². The van der Waals surface area contributed by atoms with Crippen molar-refractivity contribution < 1.29 is 14.5 Å². The lowest BCUT2D eigenvalue weighted by atomic mass is 9.30. The molecule has 2 aliphatic heterocycles. The molecule has 0 radical (unpaired) electrons. The predicted molar refractivity (Wildman–Crippen MR) is 97.0 cm³/mol. The lowest BCUT2D eigenvalue weighted by Crippen LogP contribution is -2.99. The highest BCUT2D eigenvalue weighted by molar-refractivity contribution is 5.59. The van der Waals surface area contributed by atoms with E-state index >= 15 is 0 Å². The van der Waals surface area contributed by atoms with Crippen LogP contribution in [0.15, 0.2) is 0 Å². The van der Waals surface area contributed by atoms with Gasteiger partial charge in [-0.2, -0.15) is 0 Å². The van der Waals surface area contributed by atoms with Gasteiger partial charge in [-0.15, -0.1) is 0 Å². The lowest BCUT2D eigenvalue weighted by Gasteiger charge is -2.79. The Morgan fingerprint density at radius 1 is 0.440 bits per heavy atom. The van der Waals surface area contributed by atoms with Crippen LogP contribution in [0.5, 0.6) is 0 Å². The molecule has 2 heterocycles. The summed E-state index contributed by atoms with van der Waals surface area (Å²) in [4.78, 5) is 12.6. The molecule has 4 atom stereocenters. The molecule has 0 bridgehead atoms. The second kappa shape index (κ2) is 3.86. The maximum atomic E-state index is 7.07. The summed E-state index contributed by atoms with van der Waals surface area (Å²) < 4.78 is 7.07. The predicted octanol–water partition coefficient (Wildman–Crippen LogP) is 5.42. The molecule has 2 saturated heterocycles. The van der Waals surface area contributed by atoms with Crippen LogP contribution in [-0.4, -0.2) is 22.4 Å². The van der Waals surface area contributed by atoms with E-state index in [9.17, 15) is 0 Å². The van der Waals surface area contributed by atoms with Crippen molar-refractivity contribution in [3.8, 4) is 0 Å². The van der Waals surface area contributed by atoms with Gasteiger partial charge in [0.05, 0.1) is 0 Å².